The molecule has 6 heteroatoms. The number of halogens is 1. The van der Waals surface area contributed by atoms with Crippen molar-refractivity contribution in [3.63, 3.8) is 0 Å². The van der Waals surface area contributed by atoms with Crippen LogP contribution in [0.1, 0.15) is 40.2 Å². The summed E-state index contributed by atoms with van der Waals surface area (Å²) in [5, 5.41) is 3.20. The number of allylic oxidation sites excluding steroid dienone is 4. The maximum Gasteiger partial charge on any atom is 0.227 e. The number of nitrogen functional groups attached to an aromatic ring is 1. The summed E-state index contributed by atoms with van der Waals surface area (Å²) in [6, 6.07) is 11.4. The Balaban J connectivity index is 0.000000409. The summed E-state index contributed by atoms with van der Waals surface area (Å²) >= 11 is 3.37. The van der Waals surface area contributed by atoms with Gasteiger partial charge in [0.05, 0.1) is 5.69 Å². The van der Waals surface area contributed by atoms with Gasteiger partial charge in [-0.2, -0.15) is 0 Å². The number of aryl methyl sites for hydroxylation is 1. The van der Waals surface area contributed by atoms with Crippen LogP contribution in [0.25, 0.3) is 11.3 Å². The minimum Gasteiger partial charge on any atom is -0.399 e. The molecule has 0 saturated carbocycles. The van der Waals surface area contributed by atoms with E-state index in [0.29, 0.717) is 11.6 Å². The van der Waals surface area contributed by atoms with Gasteiger partial charge in [0.15, 0.2) is 0 Å². The predicted octanol–water partition coefficient (Wildman–Crippen LogP) is 7.45. The number of pyridine rings is 1. The van der Waals surface area contributed by atoms with E-state index in [0.717, 1.165) is 22.5 Å². The molecule has 0 fully saturated rings. The van der Waals surface area contributed by atoms with E-state index in [2.05, 4.69) is 49.2 Å². The molecule has 31 heavy (non-hydrogen) atoms. The van der Waals surface area contributed by atoms with Gasteiger partial charge in [-0.1, -0.05) is 48.0 Å². The van der Waals surface area contributed by atoms with Crippen molar-refractivity contribution < 1.29 is 0 Å². The van der Waals surface area contributed by atoms with Crippen LogP contribution in [-0.4, -0.2) is 15.0 Å². The molecular formula is C25H32BrN5. The zero-order valence-electron chi connectivity index (χ0n) is 19.1. The second-order valence-corrected chi connectivity index (χ2v) is 7.61. The molecule has 0 amide bonds. The van der Waals surface area contributed by atoms with Crippen molar-refractivity contribution >= 4 is 33.3 Å². The van der Waals surface area contributed by atoms with Crippen molar-refractivity contribution in [3.8, 4) is 11.3 Å². The molecule has 3 N–H and O–H groups in total. The molecule has 0 spiro atoms. The van der Waals surface area contributed by atoms with Crippen LogP contribution >= 0.6 is 15.9 Å². The Morgan fingerprint density at radius 2 is 1.84 bits per heavy atom. The van der Waals surface area contributed by atoms with Crippen molar-refractivity contribution in [2.75, 3.05) is 11.1 Å². The largest absolute Gasteiger partial charge is 0.399 e. The smallest absolute Gasteiger partial charge is 0.227 e. The Morgan fingerprint density at radius 3 is 2.42 bits per heavy atom. The summed E-state index contributed by atoms with van der Waals surface area (Å²) in [6.45, 7) is 12.1. The first-order valence-corrected chi connectivity index (χ1v) is 11.0. The maximum atomic E-state index is 5.81. The molecule has 2 aromatic heterocycles. The Labute approximate surface area is 194 Å². The lowest BCUT2D eigenvalue weighted by Crippen LogP contribution is -2.00. The highest BCUT2D eigenvalue weighted by molar-refractivity contribution is 9.11. The first-order valence-electron chi connectivity index (χ1n) is 10.2. The van der Waals surface area contributed by atoms with Gasteiger partial charge < -0.3 is 11.1 Å². The molecule has 0 aliphatic heterocycles. The number of hydrogen-bond acceptors (Lipinski definition) is 5. The summed E-state index contributed by atoms with van der Waals surface area (Å²) in [5.41, 5.74) is 11.6. The van der Waals surface area contributed by atoms with Gasteiger partial charge in [-0.05, 0) is 73.6 Å². The number of nitrogens with one attached hydrogen (secondary N) is 1. The molecule has 0 aliphatic rings. The summed E-state index contributed by atoms with van der Waals surface area (Å²) in [4.78, 5) is 12.9. The molecular weight excluding hydrogens is 450 g/mol. The van der Waals surface area contributed by atoms with E-state index < -0.39 is 0 Å². The lowest BCUT2D eigenvalue weighted by atomic mass is 10.2. The lowest BCUT2D eigenvalue weighted by Gasteiger charge is -2.09. The second kappa shape index (κ2) is 14.1. The number of anilines is 3. The molecule has 0 saturated heterocycles. The summed E-state index contributed by atoms with van der Waals surface area (Å²) in [5.74, 6) is 0.532. The average molecular weight is 482 g/mol. The van der Waals surface area contributed by atoms with Crippen molar-refractivity contribution in [1.29, 1.82) is 0 Å². The fourth-order valence-electron chi connectivity index (χ4n) is 2.35. The van der Waals surface area contributed by atoms with Crippen LogP contribution in [0, 0.1) is 6.92 Å². The SMILES string of the molecule is C/C=C\C(C)=C(/C)Br.CC.Cc1ccc(N)cc1Nc1nccc(-c2cccnc2)n1. The van der Waals surface area contributed by atoms with Crippen LogP contribution in [0.15, 0.2) is 77.2 Å². The number of aromatic nitrogens is 3. The highest BCUT2D eigenvalue weighted by atomic mass is 79.9. The molecule has 164 valence electrons. The van der Waals surface area contributed by atoms with Crippen LogP contribution in [-0.2, 0) is 0 Å². The fourth-order valence-corrected chi connectivity index (χ4v) is 2.49. The van der Waals surface area contributed by atoms with Gasteiger partial charge in [0.25, 0.3) is 0 Å². The van der Waals surface area contributed by atoms with Crippen molar-refractivity contribution in [3.05, 3.63) is 82.8 Å². The molecule has 2 heterocycles. The van der Waals surface area contributed by atoms with Crippen LogP contribution in [0.5, 0.6) is 0 Å². The van der Waals surface area contributed by atoms with Crippen LogP contribution in [0.3, 0.4) is 0 Å². The molecule has 3 aromatic rings. The van der Waals surface area contributed by atoms with E-state index in [1.807, 2.05) is 77.1 Å². The van der Waals surface area contributed by atoms with Gasteiger partial charge in [0, 0.05) is 35.5 Å². The van der Waals surface area contributed by atoms with E-state index in [1.165, 1.54) is 10.1 Å². The quantitative estimate of drug-likeness (QED) is 0.298. The zero-order chi connectivity index (χ0) is 23.2. The lowest BCUT2D eigenvalue weighted by molar-refractivity contribution is 1.16. The Kier molecular flexibility index (Phi) is 11.8. The van der Waals surface area contributed by atoms with Crippen LogP contribution in [0.4, 0.5) is 17.3 Å². The van der Waals surface area contributed by atoms with E-state index in [-0.39, 0.29) is 0 Å². The number of rotatable bonds is 4. The van der Waals surface area contributed by atoms with Crippen molar-refractivity contribution in [2.45, 2.75) is 41.5 Å². The Hall–Kier alpha value is -2.99. The monoisotopic (exact) mass is 481 g/mol. The van der Waals surface area contributed by atoms with Crippen molar-refractivity contribution in [1.82, 2.24) is 15.0 Å². The number of hydrogen-bond donors (Lipinski definition) is 2. The second-order valence-electron chi connectivity index (χ2n) is 6.42. The van der Waals surface area contributed by atoms with Crippen molar-refractivity contribution in [2.24, 2.45) is 0 Å². The normalized spacial score (nSPS) is 10.9. The molecule has 0 atom stereocenters. The fraction of sp³-hybridized carbons (Fsp3) is 0.240. The highest BCUT2D eigenvalue weighted by Gasteiger charge is 2.05. The number of nitrogens with two attached hydrogens (primary N) is 1. The third kappa shape index (κ3) is 9.13. The topological polar surface area (TPSA) is 76.7 Å². The first kappa shape index (κ1) is 26.0. The van der Waals surface area contributed by atoms with Gasteiger partial charge in [-0.3, -0.25) is 4.98 Å². The molecule has 0 bridgehead atoms. The minimum atomic E-state index is 0.532. The Bertz CT molecular complexity index is 994. The maximum absolute atomic E-state index is 5.81. The third-order valence-electron chi connectivity index (χ3n) is 4.08. The highest BCUT2D eigenvalue weighted by Crippen LogP contribution is 2.22. The van der Waals surface area contributed by atoms with E-state index in [1.54, 1.807) is 18.6 Å². The summed E-state index contributed by atoms with van der Waals surface area (Å²) in [7, 11) is 0. The molecule has 1 aromatic carbocycles. The Morgan fingerprint density at radius 1 is 1.10 bits per heavy atom. The number of nitrogens with zero attached hydrogens (tertiary/aromatic N) is 3. The standard InChI is InChI=1S/C16H15N5.C7H11Br.C2H6/c1-11-4-5-13(17)9-15(11)21-16-19-8-6-14(20-16)12-3-2-7-18-10-12;1-4-5-6(2)7(3)8;1-2/h2-10H,17H2,1H3,(H,19,20,21);4-5H,1-3H3;1-2H3/b;5-4-,7-6+;. The molecule has 0 unspecified atom stereocenters. The third-order valence-corrected chi connectivity index (χ3v) is 4.71. The van der Waals surface area contributed by atoms with Gasteiger partial charge >= 0.3 is 0 Å². The number of benzene rings is 1. The molecule has 0 radical (unpaired) electrons. The average Bonchev–Trinajstić information content (AvgIpc) is 2.79. The van der Waals surface area contributed by atoms with Gasteiger partial charge in [0.1, 0.15) is 0 Å². The minimum absolute atomic E-state index is 0.532. The molecule has 5 nitrogen and oxygen atoms in total. The summed E-state index contributed by atoms with van der Waals surface area (Å²) < 4.78 is 1.20. The first-order chi connectivity index (χ1) is 14.9. The van der Waals surface area contributed by atoms with Gasteiger partial charge in [0.2, 0.25) is 5.95 Å². The van der Waals surface area contributed by atoms with Gasteiger partial charge in [-0.15, -0.1) is 0 Å². The van der Waals surface area contributed by atoms with Gasteiger partial charge in [-0.25, -0.2) is 9.97 Å². The summed E-state index contributed by atoms with van der Waals surface area (Å²) in [6.07, 6.45) is 9.33. The van der Waals surface area contributed by atoms with Crippen LogP contribution < -0.4 is 11.1 Å². The zero-order valence-corrected chi connectivity index (χ0v) is 20.7. The van der Waals surface area contributed by atoms with Crippen LogP contribution in [0.2, 0.25) is 0 Å². The van der Waals surface area contributed by atoms with E-state index in [4.69, 9.17) is 5.73 Å². The predicted molar refractivity (Wildman–Crippen MR) is 138 cm³/mol. The molecule has 3 rings (SSSR count). The molecule has 0 aliphatic carbocycles. The van der Waals surface area contributed by atoms with E-state index >= 15 is 0 Å². The van der Waals surface area contributed by atoms with E-state index in [9.17, 15) is 0 Å².